The zero-order valence-corrected chi connectivity index (χ0v) is 16.4. The Bertz CT molecular complexity index is 1230. The summed E-state index contributed by atoms with van der Waals surface area (Å²) in [7, 11) is 1.78. The van der Waals surface area contributed by atoms with Crippen LogP contribution in [0.25, 0.3) is 11.3 Å². The van der Waals surface area contributed by atoms with Crippen molar-refractivity contribution in [1.29, 1.82) is 0 Å². The summed E-state index contributed by atoms with van der Waals surface area (Å²) in [6, 6.07) is 9.96. The summed E-state index contributed by atoms with van der Waals surface area (Å²) in [6.45, 7) is 4.09. The maximum absolute atomic E-state index is 14.4. The van der Waals surface area contributed by atoms with Gasteiger partial charge in [0.05, 0.1) is 11.9 Å². The minimum absolute atomic E-state index is 0.0648. The first kappa shape index (κ1) is 18.3. The minimum atomic E-state index is -0.462. The van der Waals surface area contributed by atoms with E-state index in [9.17, 15) is 9.18 Å². The van der Waals surface area contributed by atoms with Gasteiger partial charge in [-0.15, -0.1) is 5.10 Å². The van der Waals surface area contributed by atoms with Crippen molar-refractivity contribution in [1.82, 2.24) is 15.0 Å². The molecule has 0 saturated heterocycles. The predicted octanol–water partition coefficient (Wildman–Crippen LogP) is 4.54. The normalized spacial score (nSPS) is 14.9. The van der Waals surface area contributed by atoms with Crippen LogP contribution in [-0.4, -0.2) is 20.9 Å². The Labute approximate surface area is 172 Å². The molecular formula is C23H19FN4O2. The third-order valence-corrected chi connectivity index (χ3v) is 5.27. The van der Waals surface area contributed by atoms with Crippen molar-refractivity contribution in [2.45, 2.75) is 19.3 Å². The van der Waals surface area contributed by atoms with Crippen molar-refractivity contribution in [3.8, 4) is 22.8 Å². The summed E-state index contributed by atoms with van der Waals surface area (Å²) < 4.78 is 22.1. The lowest BCUT2D eigenvalue weighted by molar-refractivity contribution is -0.114. The number of halogens is 1. The van der Waals surface area contributed by atoms with Gasteiger partial charge in [-0.1, -0.05) is 30.0 Å². The van der Waals surface area contributed by atoms with Gasteiger partial charge in [0.25, 0.3) is 5.91 Å². The fraction of sp³-hybridized carbons (Fsp3) is 0.174. The molecule has 30 heavy (non-hydrogen) atoms. The number of aryl methyl sites for hydroxylation is 1. The summed E-state index contributed by atoms with van der Waals surface area (Å²) in [4.78, 5) is 14.5. The molecule has 0 fully saturated rings. The number of amides is 1. The molecule has 1 aliphatic carbocycles. The topological polar surface area (TPSA) is 60.2 Å². The van der Waals surface area contributed by atoms with Crippen LogP contribution < -0.4 is 9.64 Å². The first-order valence-electron chi connectivity index (χ1n) is 9.69. The molecule has 0 unspecified atom stereocenters. The Hall–Kier alpha value is -3.74. The number of benzene rings is 2. The fourth-order valence-electron chi connectivity index (χ4n) is 3.67. The van der Waals surface area contributed by atoms with E-state index in [1.54, 1.807) is 41.0 Å². The number of hydrogen-bond donors (Lipinski definition) is 0. The Kier molecular flexibility index (Phi) is 4.24. The highest BCUT2D eigenvalue weighted by atomic mass is 19.1. The Morgan fingerprint density at radius 3 is 2.70 bits per heavy atom. The van der Waals surface area contributed by atoms with Crippen LogP contribution in [0.4, 0.5) is 10.1 Å². The van der Waals surface area contributed by atoms with Crippen molar-refractivity contribution in [3.05, 3.63) is 77.9 Å². The van der Waals surface area contributed by atoms with Crippen LogP contribution in [-0.2, 0) is 18.3 Å². The molecule has 0 saturated carbocycles. The summed E-state index contributed by atoms with van der Waals surface area (Å²) in [5.41, 5.74) is 4.35. The summed E-state index contributed by atoms with van der Waals surface area (Å²) in [6.07, 6.45) is 5.59. The molecular weight excluding hydrogens is 383 g/mol. The first-order valence-corrected chi connectivity index (χ1v) is 9.69. The van der Waals surface area contributed by atoms with Crippen LogP contribution in [0.15, 0.2) is 66.5 Å². The van der Waals surface area contributed by atoms with Crippen LogP contribution >= 0.6 is 0 Å². The number of ether oxygens (including phenoxy) is 1. The van der Waals surface area contributed by atoms with Crippen LogP contribution in [0.2, 0.25) is 0 Å². The average molecular weight is 402 g/mol. The summed E-state index contributed by atoms with van der Waals surface area (Å²) in [5.74, 6) is 0.0675. The third-order valence-electron chi connectivity index (χ3n) is 5.27. The Balaban J connectivity index is 1.69. The van der Waals surface area contributed by atoms with Crippen molar-refractivity contribution in [2.75, 3.05) is 4.90 Å². The zero-order chi connectivity index (χ0) is 20.8. The second kappa shape index (κ2) is 6.95. The number of carbonyl (C=O) groups excluding carboxylic acids is 1. The second-order valence-corrected chi connectivity index (χ2v) is 7.39. The van der Waals surface area contributed by atoms with E-state index in [-0.39, 0.29) is 11.7 Å². The monoisotopic (exact) mass is 402 g/mol. The van der Waals surface area contributed by atoms with E-state index >= 15 is 0 Å². The van der Waals surface area contributed by atoms with Crippen LogP contribution in [0, 0.1) is 5.82 Å². The van der Waals surface area contributed by atoms with Crippen molar-refractivity contribution < 1.29 is 13.9 Å². The Morgan fingerprint density at radius 1 is 1.20 bits per heavy atom. The van der Waals surface area contributed by atoms with Gasteiger partial charge in [-0.25, -0.2) is 4.39 Å². The van der Waals surface area contributed by atoms with Crippen LogP contribution in [0.3, 0.4) is 0 Å². The molecule has 0 radical (unpaired) electrons. The molecule has 150 valence electrons. The molecule has 0 N–H and O–H groups in total. The van der Waals surface area contributed by atoms with Crippen molar-refractivity contribution >= 4 is 11.6 Å². The van der Waals surface area contributed by atoms with E-state index in [4.69, 9.17) is 4.74 Å². The fourth-order valence-corrected chi connectivity index (χ4v) is 3.67. The molecule has 2 aromatic carbocycles. The molecule has 2 aliphatic rings. The predicted molar refractivity (Wildman–Crippen MR) is 111 cm³/mol. The third kappa shape index (κ3) is 3.08. The van der Waals surface area contributed by atoms with Crippen LogP contribution in [0.5, 0.6) is 11.5 Å². The SMILES string of the molecule is C=C1CCc2c(ccc(-c3cn(C)nn3)c2Oc2ccccc2F)N1C(=O)C1=CC1. The number of allylic oxidation sites excluding steroid dienone is 2. The molecule has 6 nitrogen and oxygen atoms in total. The van der Waals surface area contributed by atoms with Gasteiger partial charge in [-0.2, -0.15) is 0 Å². The van der Waals surface area contributed by atoms with E-state index in [1.165, 1.54) is 6.07 Å². The van der Waals surface area contributed by atoms with E-state index in [0.29, 0.717) is 42.0 Å². The van der Waals surface area contributed by atoms with Gasteiger partial charge in [0.2, 0.25) is 0 Å². The minimum Gasteiger partial charge on any atom is -0.453 e. The number of fused-ring (bicyclic) bond motifs is 1. The number of rotatable bonds is 4. The van der Waals surface area contributed by atoms with Crippen LogP contribution in [0.1, 0.15) is 18.4 Å². The molecule has 1 amide bonds. The maximum Gasteiger partial charge on any atom is 0.258 e. The van der Waals surface area contributed by atoms with Gasteiger partial charge in [0.1, 0.15) is 11.4 Å². The smallest absolute Gasteiger partial charge is 0.258 e. The largest absolute Gasteiger partial charge is 0.453 e. The van der Waals surface area contributed by atoms with Gasteiger partial charge < -0.3 is 4.74 Å². The molecule has 0 spiro atoms. The standard InChI is InChI=1S/C23H19FN4O2/c1-14-7-10-17-20(28(14)23(29)15-8-9-15)12-11-16(19-13-27(2)26-25-19)22(17)30-21-6-4-3-5-18(21)24/h3-6,8,11-13H,1,7,9-10H2,2H3. The lowest BCUT2D eigenvalue weighted by Gasteiger charge is -2.32. The molecule has 1 aromatic heterocycles. The van der Waals surface area contributed by atoms with Crippen molar-refractivity contribution in [3.63, 3.8) is 0 Å². The highest BCUT2D eigenvalue weighted by Crippen LogP contribution is 2.46. The van der Waals surface area contributed by atoms with E-state index in [2.05, 4.69) is 16.9 Å². The lowest BCUT2D eigenvalue weighted by Crippen LogP contribution is -2.33. The van der Waals surface area contributed by atoms with Crippen molar-refractivity contribution in [2.24, 2.45) is 7.05 Å². The van der Waals surface area contributed by atoms with E-state index < -0.39 is 5.82 Å². The Morgan fingerprint density at radius 2 is 2.00 bits per heavy atom. The quantitative estimate of drug-likeness (QED) is 0.643. The first-order chi connectivity index (χ1) is 14.5. The van der Waals surface area contributed by atoms with E-state index in [0.717, 1.165) is 16.8 Å². The van der Waals surface area contributed by atoms with Gasteiger partial charge in [0.15, 0.2) is 11.6 Å². The molecule has 3 aromatic rings. The van der Waals surface area contributed by atoms with Gasteiger partial charge in [-0.3, -0.25) is 14.4 Å². The number of nitrogens with zero attached hydrogens (tertiary/aromatic N) is 4. The lowest BCUT2D eigenvalue weighted by atomic mass is 9.94. The highest BCUT2D eigenvalue weighted by molar-refractivity contribution is 6.11. The zero-order valence-electron chi connectivity index (χ0n) is 16.4. The molecule has 1 aliphatic heterocycles. The summed E-state index contributed by atoms with van der Waals surface area (Å²) in [5, 5.41) is 8.21. The van der Waals surface area contributed by atoms with Gasteiger partial charge in [-0.05, 0) is 43.5 Å². The number of hydrogen-bond acceptors (Lipinski definition) is 4. The maximum atomic E-state index is 14.4. The molecule has 0 atom stereocenters. The number of aromatic nitrogens is 3. The summed E-state index contributed by atoms with van der Waals surface area (Å²) >= 11 is 0. The van der Waals surface area contributed by atoms with Gasteiger partial charge in [0, 0.05) is 29.4 Å². The number of anilines is 1. The molecule has 0 bridgehead atoms. The van der Waals surface area contributed by atoms with E-state index in [1.807, 2.05) is 18.2 Å². The second-order valence-electron chi connectivity index (χ2n) is 7.39. The average Bonchev–Trinajstić information content (AvgIpc) is 3.50. The molecule has 7 heteroatoms. The molecule has 2 heterocycles. The number of carbonyl (C=O) groups is 1. The highest BCUT2D eigenvalue weighted by Gasteiger charge is 2.33. The number of para-hydroxylation sites is 1. The van der Waals surface area contributed by atoms with Gasteiger partial charge >= 0.3 is 0 Å². The molecule has 5 rings (SSSR count).